The first-order valence-electron chi connectivity index (χ1n) is 4.39. The van der Waals surface area contributed by atoms with Crippen LogP contribution in [-0.2, 0) is 4.79 Å². The predicted octanol–water partition coefficient (Wildman–Crippen LogP) is 1.38. The molecule has 0 unspecified atom stereocenters. The van der Waals surface area contributed by atoms with Crippen LogP contribution in [0, 0.1) is 0 Å². The van der Waals surface area contributed by atoms with Crippen molar-refractivity contribution < 1.29 is 14.7 Å². The van der Waals surface area contributed by atoms with E-state index in [0.29, 0.717) is 16.2 Å². The number of ketones is 1. The van der Waals surface area contributed by atoms with E-state index in [9.17, 15) is 9.59 Å². The summed E-state index contributed by atoms with van der Waals surface area (Å²) in [5.41, 5.74) is -0.0700. The number of carboxylic acids is 1. The lowest BCUT2D eigenvalue weighted by atomic mass is 10.2. The van der Waals surface area contributed by atoms with E-state index in [0.717, 1.165) is 12.8 Å². The van der Waals surface area contributed by atoms with Crippen molar-refractivity contribution in [3.8, 4) is 0 Å². The van der Waals surface area contributed by atoms with Crippen molar-refractivity contribution in [1.29, 1.82) is 0 Å². The van der Waals surface area contributed by atoms with Crippen molar-refractivity contribution >= 4 is 27.7 Å². The fourth-order valence-corrected chi connectivity index (χ4v) is 1.55. The molecule has 0 aromatic carbocycles. The second kappa shape index (κ2) is 3.69. The Morgan fingerprint density at radius 2 is 2.13 bits per heavy atom. The molecule has 0 aliphatic heterocycles. The quantitative estimate of drug-likeness (QED) is 0.663. The molecule has 1 heterocycles. The summed E-state index contributed by atoms with van der Waals surface area (Å²) in [5.74, 6) is -1.66. The molecule has 0 amide bonds. The summed E-state index contributed by atoms with van der Waals surface area (Å²) < 4.78 is 0.319. The van der Waals surface area contributed by atoms with Gasteiger partial charge in [0.05, 0.1) is 4.47 Å². The van der Waals surface area contributed by atoms with E-state index in [1.165, 1.54) is 6.20 Å². The molecular weight excluding hydrogens is 264 g/mol. The minimum Gasteiger partial charge on any atom is -0.475 e. The lowest BCUT2D eigenvalue weighted by Gasteiger charge is -2.01. The maximum Gasteiger partial charge on any atom is 0.378 e. The number of rotatable bonds is 3. The Balaban J connectivity index is 2.40. The zero-order chi connectivity index (χ0) is 11.0. The molecule has 6 heteroatoms. The van der Waals surface area contributed by atoms with Crippen LogP contribution in [0.4, 0.5) is 0 Å². The number of halogens is 1. The van der Waals surface area contributed by atoms with Crippen molar-refractivity contribution in [2.75, 3.05) is 0 Å². The predicted molar refractivity (Wildman–Crippen MR) is 53.7 cm³/mol. The van der Waals surface area contributed by atoms with Crippen LogP contribution >= 0.6 is 15.9 Å². The third-order valence-electron chi connectivity index (χ3n) is 2.11. The molecule has 0 radical (unpaired) electrons. The van der Waals surface area contributed by atoms with Crippen molar-refractivity contribution in [2.45, 2.75) is 18.8 Å². The van der Waals surface area contributed by atoms with Crippen LogP contribution in [-0.4, -0.2) is 26.8 Å². The minimum atomic E-state index is -1.50. The number of aliphatic carboxylic acids is 1. The SMILES string of the molecule is O=C(O)C(=O)c1nc(C2CC2)ncc1Br. The Morgan fingerprint density at radius 1 is 1.47 bits per heavy atom. The Labute approximate surface area is 93.7 Å². The molecule has 1 fully saturated rings. The smallest absolute Gasteiger partial charge is 0.378 e. The molecular formula is C9H7BrN2O3. The number of nitrogens with zero attached hydrogens (tertiary/aromatic N) is 2. The molecule has 1 aliphatic rings. The van der Waals surface area contributed by atoms with Gasteiger partial charge in [-0.15, -0.1) is 0 Å². The summed E-state index contributed by atoms with van der Waals surface area (Å²) in [6.07, 6.45) is 3.43. The van der Waals surface area contributed by atoms with Crippen LogP contribution in [0.2, 0.25) is 0 Å². The number of aromatic nitrogens is 2. The normalized spacial score (nSPS) is 15.0. The van der Waals surface area contributed by atoms with E-state index in [-0.39, 0.29) is 5.69 Å². The second-order valence-electron chi connectivity index (χ2n) is 3.33. The second-order valence-corrected chi connectivity index (χ2v) is 4.19. The maximum atomic E-state index is 11.2. The largest absolute Gasteiger partial charge is 0.475 e. The van der Waals surface area contributed by atoms with Gasteiger partial charge in [0, 0.05) is 12.1 Å². The van der Waals surface area contributed by atoms with Gasteiger partial charge in [0.2, 0.25) is 0 Å². The molecule has 1 aromatic rings. The maximum absolute atomic E-state index is 11.2. The van der Waals surface area contributed by atoms with Gasteiger partial charge in [-0.05, 0) is 28.8 Å². The molecule has 1 aliphatic carbocycles. The number of hydrogen-bond acceptors (Lipinski definition) is 4. The van der Waals surface area contributed by atoms with E-state index in [2.05, 4.69) is 25.9 Å². The van der Waals surface area contributed by atoms with Crippen LogP contribution < -0.4 is 0 Å². The number of hydrogen-bond donors (Lipinski definition) is 1. The van der Waals surface area contributed by atoms with E-state index in [1.54, 1.807) is 0 Å². The molecule has 0 saturated heterocycles. The van der Waals surface area contributed by atoms with Gasteiger partial charge < -0.3 is 5.11 Å². The Hall–Kier alpha value is -1.30. The lowest BCUT2D eigenvalue weighted by molar-refractivity contribution is -0.131. The van der Waals surface area contributed by atoms with Gasteiger partial charge in [0.15, 0.2) is 0 Å². The van der Waals surface area contributed by atoms with Crippen LogP contribution in [0.3, 0.4) is 0 Å². The highest BCUT2D eigenvalue weighted by molar-refractivity contribution is 9.10. The Morgan fingerprint density at radius 3 is 2.67 bits per heavy atom. The molecule has 0 bridgehead atoms. The first kappa shape index (κ1) is 10.2. The molecule has 5 nitrogen and oxygen atoms in total. The van der Waals surface area contributed by atoms with E-state index >= 15 is 0 Å². The monoisotopic (exact) mass is 270 g/mol. The number of carboxylic acid groups (broad SMARTS) is 1. The van der Waals surface area contributed by atoms with Crippen LogP contribution in [0.5, 0.6) is 0 Å². The highest BCUT2D eigenvalue weighted by Gasteiger charge is 2.29. The fourth-order valence-electron chi connectivity index (χ4n) is 1.18. The van der Waals surface area contributed by atoms with Gasteiger partial charge in [-0.1, -0.05) is 0 Å². The van der Waals surface area contributed by atoms with Crippen molar-refractivity contribution in [3.05, 3.63) is 22.2 Å². The number of carbonyl (C=O) groups is 2. The molecule has 1 aromatic heterocycles. The average Bonchev–Trinajstić information content (AvgIpc) is 3.01. The Bertz CT molecular complexity index is 443. The zero-order valence-corrected chi connectivity index (χ0v) is 9.19. The third kappa shape index (κ3) is 2.04. The summed E-state index contributed by atoms with van der Waals surface area (Å²) in [6, 6.07) is 0. The zero-order valence-electron chi connectivity index (χ0n) is 7.61. The molecule has 1 N–H and O–H groups in total. The average molecular weight is 271 g/mol. The third-order valence-corrected chi connectivity index (χ3v) is 2.69. The van der Waals surface area contributed by atoms with Crippen LogP contribution in [0.15, 0.2) is 10.7 Å². The molecule has 15 heavy (non-hydrogen) atoms. The highest BCUT2D eigenvalue weighted by Crippen LogP contribution is 2.38. The first-order chi connectivity index (χ1) is 7.09. The van der Waals surface area contributed by atoms with Gasteiger partial charge in [0.1, 0.15) is 11.5 Å². The molecule has 2 rings (SSSR count). The van der Waals surface area contributed by atoms with Crippen molar-refractivity contribution in [3.63, 3.8) is 0 Å². The summed E-state index contributed by atoms with van der Waals surface area (Å²) in [7, 11) is 0. The first-order valence-corrected chi connectivity index (χ1v) is 5.19. The van der Waals surface area contributed by atoms with Crippen molar-refractivity contribution in [1.82, 2.24) is 9.97 Å². The summed E-state index contributed by atoms with van der Waals surface area (Å²) in [6.45, 7) is 0. The topological polar surface area (TPSA) is 80.1 Å². The molecule has 78 valence electrons. The summed E-state index contributed by atoms with van der Waals surface area (Å²) >= 11 is 3.06. The number of Topliss-reactive ketones (excluding diaryl/α,β-unsaturated/α-hetero) is 1. The van der Waals surface area contributed by atoms with Gasteiger partial charge in [-0.25, -0.2) is 14.8 Å². The van der Waals surface area contributed by atoms with Gasteiger partial charge >= 0.3 is 5.97 Å². The molecule has 0 spiro atoms. The summed E-state index contributed by atoms with van der Waals surface area (Å²) in [5, 5.41) is 8.57. The standard InChI is InChI=1S/C9H7BrN2O3/c10-5-3-11-8(4-1-2-4)12-6(5)7(13)9(14)15/h3-4H,1-2H2,(H,14,15). The van der Waals surface area contributed by atoms with Crippen molar-refractivity contribution in [2.24, 2.45) is 0 Å². The Kier molecular flexibility index (Phi) is 2.52. The van der Waals surface area contributed by atoms with E-state index < -0.39 is 11.8 Å². The van der Waals surface area contributed by atoms with Gasteiger partial charge in [-0.2, -0.15) is 0 Å². The van der Waals surface area contributed by atoms with E-state index in [1.807, 2.05) is 0 Å². The van der Waals surface area contributed by atoms with Crippen LogP contribution in [0.25, 0.3) is 0 Å². The molecule has 0 atom stereocenters. The van der Waals surface area contributed by atoms with Crippen LogP contribution in [0.1, 0.15) is 35.1 Å². The van der Waals surface area contributed by atoms with Gasteiger partial charge in [0.25, 0.3) is 5.78 Å². The number of carbonyl (C=O) groups excluding carboxylic acids is 1. The van der Waals surface area contributed by atoms with E-state index in [4.69, 9.17) is 5.11 Å². The molecule has 1 saturated carbocycles. The van der Waals surface area contributed by atoms with Gasteiger partial charge in [-0.3, -0.25) is 4.79 Å². The minimum absolute atomic E-state index is 0.0700. The lowest BCUT2D eigenvalue weighted by Crippen LogP contribution is -2.16. The fraction of sp³-hybridized carbons (Fsp3) is 0.333. The highest BCUT2D eigenvalue weighted by atomic mass is 79.9. The summed E-state index contributed by atoms with van der Waals surface area (Å²) in [4.78, 5) is 29.8.